The molecule has 1 amide bonds. The third-order valence-corrected chi connectivity index (χ3v) is 4.95. The molecular weight excluding hydrogens is 348 g/mol. The third kappa shape index (κ3) is 3.09. The number of halogens is 1. The van der Waals surface area contributed by atoms with E-state index in [2.05, 4.69) is 22.3 Å². The van der Waals surface area contributed by atoms with Gasteiger partial charge in [-0.05, 0) is 31.5 Å². The van der Waals surface area contributed by atoms with E-state index in [-0.39, 0.29) is 5.91 Å². The molecule has 0 bridgehead atoms. The molecule has 0 atom stereocenters. The first-order valence-electron chi connectivity index (χ1n) is 7.49. The van der Waals surface area contributed by atoms with Gasteiger partial charge in [-0.25, -0.2) is 9.50 Å². The Labute approximate surface area is 148 Å². The van der Waals surface area contributed by atoms with Crippen molar-refractivity contribution in [2.75, 3.05) is 7.11 Å². The summed E-state index contributed by atoms with van der Waals surface area (Å²) >= 11 is 7.54. The highest BCUT2D eigenvalue weighted by Gasteiger charge is 2.17. The maximum absolute atomic E-state index is 12.5. The van der Waals surface area contributed by atoms with Crippen LogP contribution in [-0.4, -0.2) is 27.6 Å². The van der Waals surface area contributed by atoms with Crippen LogP contribution in [0.1, 0.15) is 33.7 Å². The number of nitrogens with zero attached hydrogens (tertiary/aromatic N) is 3. The van der Waals surface area contributed by atoms with Crippen LogP contribution in [0.15, 0.2) is 18.2 Å². The van der Waals surface area contributed by atoms with Crippen LogP contribution >= 0.6 is 22.9 Å². The molecule has 2 heterocycles. The summed E-state index contributed by atoms with van der Waals surface area (Å²) in [6.07, 6.45) is 0.860. The highest BCUT2D eigenvalue weighted by Crippen LogP contribution is 2.23. The number of imidazole rings is 1. The Hall–Kier alpha value is -2.12. The van der Waals surface area contributed by atoms with Gasteiger partial charge in [-0.1, -0.05) is 29.9 Å². The van der Waals surface area contributed by atoms with E-state index in [0.717, 1.165) is 27.8 Å². The number of aryl methyl sites for hydroxylation is 2. The molecular formula is C16H17ClN4O2S. The van der Waals surface area contributed by atoms with Crippen molar-refractivity contribution in [3.05, 3.63) is 45.2 Å². The number of hydrogen-bond donors (Lipinski definition) is 1. The largest absolute Gasteiger partial charge is 0.496 e. The molecule has 1 aromatic carbocycles. The van der Waals surface area contributed by atoms with Crippen molar-refractivity contribution in [1.29, 1.82) is 0 Å². The van der Waals surface area contributed by atoms with Gasteiger partial charge < -0.3 is 10.1 Å². The summed E-state index contributed by atoms with van der Waals surface area (Å²) in [6.45, 7) is 4.29. The average molecular weight is 365 g/mol. The highest BCUT2D eigenvalue weighted by molar-refractivity contribution is 7.16. The molecule has 6 nitrogen and oxygen atoms in total. The molecule has 0 saturated heterocycles. The van der Waals surface area contributed by atoms with Gasteiger partial charge in [0, 0.05) is 5.02 Å². The van der Waals surface area contributed by atoms with Crippen molar-refractivity contribution in [2.24, 2.45) is 0 Å². The number of carbonyl (C=O) groups excluding carboxylic acids is 1. The molecule has 0 saturated carbocycles. The number of nitrogens with one attached hydrogen (secondary N) is 1. The summed E-state index contributed by atoms with van der Waals surface area (Å²) in [5.74, 6) is 0.226. The fourth-order valence-corrected chi connectivity index (χ4v) is 3.46. The lowest BCUT2D eigenvalue weighted by atomic mass is 10.2. The van der Waals surface area contributed by atoms with Gasteiger partial charge in [-0.2, -0.15) is 5.10 Å². The molecule has 3 aromatic rings. The summed E-state index contributed by atoms with van der Waals surface area (Å²) < 4.78 is 7.02. The maximum atomic E-state index is 12.5. The van der Waals surface area contributed by atoms with Crippen LogP contribution in [0.2, 0.25) is 5.02 Å². The minimum atomic E-state index is -0.255. The van der Waals surface area contributed by atoms with E-state index in [1.807, 2.05) is 6.92 Å². The summed E-state index contributed by atoms with van der Waals surface area (Å²) in [6, 6.07) is 4.95. The molecule has 0 fully saturated rings. The van der Waals surface area contributed by atoms with Gasteiger partial charge in [0.05, 0.1) is 30.6 Å². The summed E-state index contributed by atoms with van der Waals surface area (Å²) in [5, 5.41) is 8.91. The van der Waals surface area contributed by atoms with Crippen LogP contribution in [0.25, 0.3) is 4.96 Å². The Bertz CT molecular complexity index is 903. The second-order valence-electron chi connectivity index (χ2n) is 5.21. The van der Waals surface area contributed by atoms with E-state index in [1.165, 1.54) is 7.11 Å². The van der Waals surface area contributed by atoms with Crippen LogP contribution in [0, 0.1) is 6.92 Å². The zero-order valence-corrected chi connectivity index (χ0v) is 15.2. The Morgan fingerprint density at radius 3 is 2.96 bits per heavy atom. The predicted octanol–water partition coefficient (Wildman–Crippen LogP) is 3.25. The van der Waals surface area contributed by atoms with Gasteiger partial charge in [-0.3, -0.25) is 4.79 Å². The minimum Gasteiger partial charge on any atom is -0.496 e. The normalized spacial score (nSPS) is 11.0. The van der Waals surface area contributed by atoms with E-state index >= 15 is 0 Å². The zero-order chi connectivity index (χ0) is 17.3. The zero-order valence-electron chi connectivity index (χ0n) is 13.6. The van der Waals surface area contributed by atoms with Gasteiger partial charge >= 0.3 is 0 Å². The highest BCUT2D eigenvalue weighted by atomic mass is 35.5. The minimum absolute atomic E-state index is 0.255. The van der Waals surface area contributed by atoms with Crippen molar-refractivity contribution in [3.63, 3.8) is 0 Å². The fraction of sp³-hybridized carbons (Fsp3) is 0.312. The van der Waals surface area contributed by atoms with Crippen LogP contribution in [0.3, 0.4) is 0 Å². The summed E-state index contributed by atoms with van der Waals surface area (Å²) in [4.78, 5) is 17.8. The van der Waals surface area contributed by atoms with Crippen LogP contribution in [0.5, 0.6) is 5.75 Å². The topological polar surface area (TPSA) is 68.5 Å². The second kappa shape index (κ2) is 6.78. The van der Waals surface area contributed by atoms with E-state index in [4.69, 9.17) is 16.3 Å². The molecule has 0 aliphatic carbocycles. The molecule has 1 N–H and O–H groups in total. The van der Waals surface area contributed by atoms with E-state index in [0.29, 0.717) is 22.9 Å². The van der Waals surface area contributed by atoms with Gasteiger partial charge in [0.15, 0.2) is 0 Å². The number of methoxy groups -OCH3 is 1. The first-order valence-corrected chi connectivity index (χ1v) is 8.68. The molecule has 0 radical (unpaired) electrons. The lowest BCUT2D eigenvalue weighted by Crippen LogP contribution is -2.24. The maximum Gasteiger partial charge on any atom is 0.255 e. The molecule has 126 valence electrons. The lowest BCUT2D eigenvalue weighted by molar-refractivity contribution is 0.0947. The smallest absolute Gasteiger partial charge is 0.255 e. The average Bonchev–Trinajstić information content (AvgIpc) is 3.09. The quantitative estimate of drug-likeness (QED) is 0.754. The second-order valence-corrected chi connectivity index (χ2v) is 6.69. The van der Waals surface area contributed by atoms with Gasteiger partial charge in [0.1, 0.15) is 10.8 Å². The molecule has 24 heavy (non-hydrogen) atoms. The van der Waals surface area contributed by atoms with Crippen molar-refractivity contribution < 1.29 is 9.53 Å². The van der Waals surface area contributed by atoms with Crippen LogP contribution < -0.4 is 10.1 Å². The molecule has 2 aromatic heterocycles. The molecule has 0 spiro atoms. The fourth-order valence-electron chi connectivity index (χ4n) is 2.39. The number of benzene rings is 1. The first-order chi connectivity index (χ1) is 11.5. The van der Waals surface area contributed by atoms with E-state index in [1.54, 1.807) is 34.1 Å². The van der Waals surface area contributed by atoms with Crippen molar-refractivity contribution in [2.45, 2.75) is 26.8 Å². The molecule has 0 aliphatic heterocycles. The predicted molar refractivity (Wildman–Crippen MR) is 94.2 cm³/mol. The standard InChI is InChI=1S/C16H17ClN4O2S/c1-4-14-20-21-12(9(2)19-16(21)24-14)8-18-15(22)11-7-10(17)5-6-13(11)23-3/h5-7H,4,8H2,1-3H3,(H,18,22). The monoisotopic (exact) mass is 364 g/mol. The van der Waals surface area contributed by atoms with Gasteiger partial charge in [0.25, 0.3) is 5.91 Å². The third-order valence-electron chi connectivity index (χ3n) is 3.66. The number of rotatable bonds is 5. The van der Waals surface area contributed by atoms with Crippen molar-refractivity contribution >= 4 is 33.8 Å². The number of fused-ring (bicyclic) bond motifs is 1. The van der Waals surface area contributed by atoms with E-state index < -0.39 is 0 Å². The molecule has 8 heteroatoms. The van der Waals surface area contributed by atoms with Gasteiger partial charge in [0.2, 0.25) is 4.96 Å². The number of ether oxygens (including phenoxy) is 1. The van der Waals surface area contributed by atoms with Gasteiger partial charge in [-0.15, -0.1) is 0 Å². The Morgan fingerprint density at radius 2 is 2.25 bits per heavy atom. The molecule has 0 unspecified atom stereocenters. The molecule has 0 aliphatic rings. The number of carbonyl (C=O) groups is 1. The summed E-state index contributed by atoms with van der Waals surface area (Å²) in [7, 11) is 1.52. The van der Waals surface area contributed by atoms with Crippen LogP contribution in [-0.2, 0) is 13.0 Å². The lowest BCUT2D eigenvalue weighted by Gasteiger charge is -2.09. The van der Waals surface area contributed by atoms with Crippen molar-refractivity contribution in [3.8, 4) is 5.75 Å². The SMILES string of the molecule is CCc1nn2c(CNC(=O)c3cc(Cl)ccc3OC)c(C)nc2s1. The van der Waals surface area contributed by atoms with E-state index in [9.17, 15) is 4.79 Å². The first kappa shape index (κ1) is 16.7. The Balaban J connectivity index is 1.83. The van der Waals surface area contributed by atoms with Crippen LogP contribution in [0.4, 0.5) is 0 Å². The molecule has 3 rings (SSSR count). The Kier molecular flexibility index (Phi) is 4.73. The summed E-state index contributed by atoms with van der Waals surface area (Å²) in [5.41, 5.74) is 2.13. The van der Waals surface area contributed by atoms with Crippen molar-refractivity contribution in [1.82, 2.24) is 19.9 Å². The number of amides is 1. The Morgan fingerprint density at radius 1 is 1.46 bits per heavy atom. The number of hydrogen-bond acceptors (Lipinski definition) is 5. The number of aromatic nitrogens is 3.